The zero-order valence-corrected chi connectivity index (χ0v) is 15.8. The summed E-state index contributed by atoms with van der Waals surface area (Å²) >= 11 is 5.42. The first-order valence-corrected chi connectivity index (χ1v) is 9.36. The van der Waals surface area contributed by atoms with Crippen LogP contribution in [0.3, 0.4) is 0 Å². The van der Waals surface area contributed by atoms with Crippen LogP contribution >= 0.6 is 11.6 Å². The third-order valence-corrected chi connectivity index (χ3v) is 5.14. The smallest absolute Gasteiger partial charge is 0.326 e. The van der Waals surface area contributed by atoms with Gasteiger partial charge < -0.3 is 5.32 Å². The van der Waals surface area contributed by atoms with Crippen LogP contribution in [0.15, 0.2) is 41.3 Å². The molecule has 29 heavy (non-hydrogen) atoms. The van der Waals surface area contributed by atoms with Crippen LogP contribution in [-0.4, -0.2) is 14.3 Å². The largest absolute Gasteiger partial charge is 0.418 e. The predicted molar refractivity (Wildman–Crippen MR) is 93.0 cm³/mol. The predicted octanol–water partition coefficient (Wildman–Crippen LogP) is 5.14. The second kappa shape index (κ2) is 7.75. The monoisotopic (exact) mass is 460 g/mol. The van der Waals surface area contributed by atoms with Crippen LogP contribution in [0, 0.1) is 0 Å². The molecule has 2 aromatic carbocycles. The maximum atomic E-state index is 13.3. The van der Waals surface area contributed by atoms with E-state index in [1.54, 1.807) is 4.72 Å². The first-order chi connectivity index (χ1) is 13.1. The number of anilines is 2. The Balaban J connectivity index is 2.51. The molecule has 0 saturated heterocycles. The number of carbonyl (C=O) groups is 1. The van der Waals surface area contributed by atoms with E-state index in [-0.39, 0.29) is 11.8 Å². The molecule has 13 heteroatoms. The van der Waals surface area contributed by atoms with Gasteiger partial charge in [0.05, 0.1) is 26.7 Å². The SMILES string of the molecule is CC(=O)Nc1ccc(NS(=O)(=O)c2ccc(Cl)c(C(F)(F)F)c2)c(C(F)(F)F)c1. The summed E-state index contributed by atoms with van der Waals surface area (Å²) in [4.78, 5) is 10.1. The van der Waals surface area contributed by atoms with Gasteiger partial charge in [0.25, 0.3) is 10.0 Å². The molecule has 0 unspecified atom stereocenters. The minimum Gasteiger partial charge on any atom is -0.326 e. The lowest BCUT2D eigenvalue weighted by Crippen LogP contribution is -2.18. The van der Waals surface area contributed by atoms with Crippen LogP contribution in [0.5, 0.6) is 0 Å². The Morgan fingerprint density at radius 3 is 2.03 bits per heavy atom. The van der Waals surface area contributed by atoms with E-state index < -0.39 is 55.0 Å². The summed E-state index contributed by atoms with van der Waals surface area (Å²) in [6.07, 6.45) is -10.00. The number of sulfonamides is 1. The summed E-state index contributed by atoms with van der Waals surface area (Å²) in [5.74, 6) is -0.660. The van der Waals surface area contributed by atoms with E-state index in [4.69, 9.17) is 11.6 Å². The molecule has 0 aliphatic carbocycles. The van der Waals surface area contributed by atoms with Crippen molar-refractivity contribution >= 4 is 38.9 Å². The summed E-state index contributed by atoms with van der Waals surface area (Å²) in [5.41, 5.74) is -4.09. The molecule has 5 nitrogen and oxygen atoms in total. The summed E-state index contributed by atoms with van der Waals surface area (Å²) in [6, 6.07) is 3.82. The van der Waals surface area contributed by atoms with Gasteiger partial charge in [0.2, 0.25) is 5.91 Å². The Bertz CT molecular complexity index is 1050. The van der Waals surface area contributed by atoms with Crippen molar-refractivity contribution in [2.75, 3.05) is 10.0 Å². The van der Waals surface area contributed by atoms with E-state index in [1.165, 1.54) is 0 Å². The summed E-state index contributed by atoms with van der Waals surface area (Å²) in [6.45, 7) is 1.06. The van der Waals surface area contributed by atoms with Crippen molar-refractivity contribution in [3.05, 3.63) is 52.5 Å². The van der Waals surface area contributed by atoms with Gasteiger partial charge in [-0.2, -0.15) is 26.3 Å². The lowest BCUT2D eigenvalue weighted by Gasteiger charge is -2.17. The molecular weight excluding hydrogens is 450 g/mol. The van der Waals surface area contributed by atoms with Crippen molar-refractivity contribution in [2.45, 2.75) is 24.2 Å². The Morgan fingerprint density at radius 1 is 0.931 bits per heavy atom. The van der Waals surface area contributed by atoms with Crippen LogP contribution in [0.2, 0.25) is 5.02 Å². The van der Waals surface area contributed by atoms with Gasteiger partial charge in [-0.15, -0.1) is 0 Å². The van der Waals surface area contributed by atoms with Crippen LogP contribution in [0.1, 0.15) is 18.1 Å². The van der Waals surface area contributed by atoms with Crippen molar-refractivity contribution in [1.82, 2.24) is 0 Å². The zero-order valence-electron chi connectivity index (χ0n) is 14.2. The number of rotatable bonds is 4. The average Bonchev–Trinajstić information content (AvgIpc) is 2.53. The molecule has 0 aliphatic heterocycles. The second-order valence-electron chi connectivity index (χ2n) is 5.68. The number of alkyl halides is 6. The number of carbonyl (C=O) groups excluding carboxylic acids is 1. The number of hydrogen-bond donors (Lipinski definition) is 2. The van der Waals surface area contributed by atoms with Crippen LogP contribution in [0.25, 0.3) is 0 Å². The van der Waals surface area contributed by atoms with Crippen molar-refractivity contribution in [1.29, 1.82) is 0 Å². The van der Waals surface area contributed by atoms with Gasteiger partial charge in [-0.25, -0.2) is 8.42 Å². The fourth-order valence-corrected chi connectivity index (χ4v) is 3.57. The van der Waals surface area contributed by atoms with Gasteiger partial charge >= 0.3 is 12.4 Å². The molecule has 2 aromatic rings. The fraction of sp³-hybridized carbons (Fsp3) is 0.188. The number of halogens is 7. The molecule has 2 N–H and O–H groups in total. The molecule has 0 spiro atoms. The molecule has 0 bridgehead atoms. The fourth-order valence-electron chi connectivity index (χ4n) is 2.24. The summed E-state index contributed by atoms with van der Waals surface area (Å²) in [7, 11) is -4.83. The highest BCUT2D eigenvalue weighted by atomic mass is 35.5. The van der Waals surface area contributed by atoms with E-state index in [0.29, 0.717) is 12.1 Å². The number of nitrogens with one attached hydrogen (secondary N) is 2. The van der Waals surface area contributed by atoms with Gasteiger partial charge in [0.1, 0.15) is 0 Å². The molecule has 0 aliphatic rings. The van der Waals surface area contributed by atoms with Crippen molar-refractivity contribution in [3.8, 4) is 0 Å². The molecule has 0 fully saturated rings. The second-order valence-corrected chi connectivity index (χ2v) is 7.77. The highest BCUT2D eigenvalue weighted by molar-refractivity contribution is 7.92. The van der Waals surface area contributed by atoms with E-state index in [9.17, 15) is 39.6 Å². The van der Waals surface area contributed by atoms with Crippen molar-refractivity contribution in [2.24, 2.45) is 0 Å². The first-order valence-electron chi connectivity index (χ1n) is 7.49. The summed E-state index contributed by atoms with van der Waals surface area (Å²) in [5, 5.41) is 1.34. The van der Waals surface area contributed by atoms with Gasteiger partial charge in [0.15, 0.2) is 0 Å². The highest BCUT2D eigenvalue weighted by Gasteiger charge is 2.37. The standard InChI is InChI=1S/C16H11ClF6N2O3S/c1-8(26)24-9-2-5-14(12(6-9)16(21,22)23)25-29(27,28)10-3-4-13(17)11(7-10)15(18,19)20/h2-7,25H,1H3,(H,24,26). The zero-order chi connectivity index (χ0) is 22.2. The molecule has 0 atom stereocenters. The number of amides is 1. The maximum Gasteiger partial charge on any atom is 0.418 e. The number of hydrogen-bond acceptors (Lipinski definition) is 3. The third-order valence-electron chi connectivity index (χ3n) is 3.44. The lowest BCUT2D eigenvalue weighted by molar-refractivity contribution is -0.138. The minimum atomic E-state index is -5.02. The Hall–Kier alpha value is -2.47. The minimum absolute atomic E-state index is 0.212. The first kappa shape index (κ1) is 22.8. The molecule has 1 amide bonds. The molecule has 158 valence electrons. The maximum absolute atomic E-state index is 13.3. The average molecular weight is 461 g/mol. The van der Waals surface area contributed by atoms with E-state index >= 15 is 0 Å². The summed E-state index contributed by atoms with van der Waals surface area (Å²) < 4.78 is 105. The highest BCUT2D eigenvalue weighted by Crippen LogP contribution is 2.39. The van der Waals surface area contributed by atoms with Crippen LogP contribution in [-0.2, 0) is 27.2 Å². The quantitative estimate of drug-likeness (QED) is 0.621. The van der Waals surface area contributed by atoms with Crippen molar-refractivity contribution < 1.29 is 39.6 Å². The van der Waals surface area contributed by atoms with Gasteiger partial charge in [-0.05, 0) is 36.4 Å². The Morgan fingerprint density at radius 2 is 1.52 bits per heavy atom. The van der Waals surface area contributed by atoms with E-state index in [0.717, 1.165) is 25.1 Å². The van der Waals surface area contributed by atoms with Gasteiger partial charge in [-0.1, -0.05) is 11.6 Å². The van der Waals surface area contributed by atoms with Crippen LogP contribution in [0.4, 0.5) is 37.7 Å². The number of benzene rings is 2. The molecule has 0 saturated carbocycles. The molecule has 0 radical (unpaired) electrons. The van der Waals surface area contributed by atoms with Crippen LogP contribution < -0.4 is 10.0 Å². The Kier molecular flexibility index (Phi) is 6.09. The molecule has 2 rings (SSSR count). The molecule has 0 heterocycles. The lowest BCUT2D eigenvalue weighted by atomic mass is 10.1. The topological polar surface area (TPSA) is 75.3 Å². The normalized spacial score (nSPS) is 12.6. The molecular formula is C16H11ClF6N2O3S. The Labute approximate surface area is 165 Å². The third kappa shape index (κ3) is 5.54. The van der Waals surface area contributed by atoms with Crippen molar-refractivity contribution in [3.63, 3.8) is 0 Å². The van der Waals surface area contributed by atoms with Gasteiger partial charge in [-0.3, -0.25) is 9.52 Å². The van der Waals surface area contributed by atoms with Gasteiger partial charge in [0, 0.05) is 12.6 Å². The molecule has 0 aromatic heterocycles. The van der Waals surface area contributed by atoms with E-state index in [1.807, 2.05) is 0 Å². The van der Waals surface area contributed by atoms with E-state index in [2.05, 4.69) is 5.32 Å².